The minimum atomic E-state index is -0.248. The van der Waals surface area contributed by atoms with Crippen LogP contribution in [-0.4, -0.2) is 32.7 Å². The molecule has 1 aliphatic heterocycles. The van der Waals surface area contributed by atoms with Crippen molar-refractivity contribution in [2.75, 3.05) is 32.7 Å². The third-order valence-electron chi connectivity index (χ3n) is 5.00. The number of hydrogen-bond acceptors (Lipinski definition) is 1. The summed E-state index contributed by atoms with van der Waals surface area (Å²) in [6, 6.07) is 15.5. The van der Waals surface area contributed by atoms with Crippen LogP contribution in [0.15, 0.2) is 48.5 Å². The van der Waals surface area contributed by atoms with Crippen LogP contribution < -0.4 is 9.80 Å². The molecule has 0 aromatic heterocycles. The van der Waals surface area contributed by atoms with Gasteiger partial charge in [0.15, 0.2) is 0 Å². The van der Waals surface area contributed by atoms with Crippen LogP contribution >= 0.6 is 0 Å². The number of nitriles is 1. The van der Waals surface area contributed by atoms with Gasteiger partial charge in [-0.3, -0.25) is 0 Å². The molecule has 130 valence electrons. The Labute approximate surface area is 147 Å². The first-order valence-electron chi connectivity index (χ1n) is 8.73. The zero-order valence-corrected chi connectivity index (χ0v) is 14.1. The highest BCUT2D eigenvalue weighted by Crippen LogP contribution is 2.20. The fraction of sp³-hybridized carbons (Fsp3) is 0.350. The fourth-order valence-corrected chi connectivity index (χ4v) is 3.67. The Hall–Kier alpha value is -2.29. The van der Waals surface area contributed by atoms with E-state index in [9.17, 15) is 8.78 Å². The highest BCUT2D eigenvalue weighted by Gasteiger charge is 2.31. The SMILES string of the molecule is N#CCC[NH+]1CC[NH+](C(c2ccc(F)cc2)c2ccc(F)cc2)CC1. The summed E-state index contributed by atoms with van der Waals surface area (Å²) in [7, 11) is 0. The number of nitrogens with zero attached hydrogens (tertiary/aromatic N) is 1. The molecule has 2 aromatic rings. The summed E-state index contributed by atoms with van der Waals surface area (Å²) in [6.07, 6.45) is 0.587. The van der Waals surface area contributed by atoms with Gasteiger partial charge in [0.25, 0.3) is 0 Å². The summed E-state index contributed by atoms with van der Waals surface area (Å²) < 4.78 is 26.7. The second-order valence-corrected chi connectivity index (χ2v) is 6.60. The molecule has 1 fully saturated rings. The zero-order valence-electron chi connectivity index (χ0n) is 14.1. The maximum atomic E-state index is 13.3. The van der Waals surface area contributed by atoms with Gasteiger partial charge in [0.05, 0.1) is 19.0 Å². The summed E-state index contributed by atoms with van der Waals surface area (Å²) in [6.45, 7) is 4.85. The number of benzene rings is 2. The summed E-state index contributed by atoms with van der Waals surface area (Å²) in [4.78, 5) is 2.86. The van der Waals surface area contributed by atoms with E-state index >= 15 is 0 Å². The second-order valence-electron chi connectivity index (χ2n) is 6.60. The van der Waals surface area contributed by atoms with Gasteiger partial charge in [0, 0.05) is 11.1 Å². The molecule has 3 rings (SSSR count). The van der Waals surface area contributed by atoms with Gasteiger partial charge < -0.3 is 9.80 Å². The van der Waals surface area contributed by atoms with Gasteiger partial charge in [-0.2, -0.15) is 5.26 Å². The quantitative estimate of drug-likeness (QED) is 0.825. The number of quaternary nitrogens is 2. The van der Waals surface area contributed by atoms with E-state index < -0.39 is 0 Å². The molecule has 0 atom stereocenters. The average Bonchev–Trinajstić information content (AvgIpc) is 2.64. The molecule has 3 nitrogen and oxygen atoms in total. The number of rotatable bonds is 5. The van der Waals surface area contributed by atoms with Gasteiger partial charge in [-0.1, -0.05) is 0 Å². The van der Waals surface area contributed by atoms with E-state index in [0.29, 0.717) is 6.42 Å². The van der Waals surface area contributed by atoms with E-state index in [2.05, 4.69) is 6.07 Å². The van der Waals surface area contributed by atoms with E-state index in [4.69, 9.17) is 5.26 Å². The number of hydrogen-bond donors (Lipinski definition) is 2. The van der Waals surface area contributed by atoms with Gasteiger partial charge in [0.1, 0.15) is 43.9 Å². The first-order chi connectivity index (χ1) is 12.2. The lowest BCUT2D eigenvalue weighted by Crippen LogP contribution is -3.28. The van der Waals surface area contributed by atoms with Crippen LogP contribution in [0.4, 0.5) is 8.78 Å². The van der Waals surface area contributed by atoms with E-state index in [-0.39, 0.29) is 17.7 Å². The highest BCUT2D eigenvalue weighted by atomic mass is 19.1. The molecule has 1 aliphatic rings. The van der Waals surface area contributed by atoms with Crippen molar-refractivity contribution in [3.05, 3.63) is 71.3 Å². The lowest BCUT2D eigenvalue weighted by atomic mass is 9.96. The van der Waals surface area contributed by atoms with Gasteiger partial charge in [-0.05, 0) is 48.5 Å². The lowest BCUT2D eigenvalue weighted by molar-refractivity contribution is -1.02. The van der Waals surface area contributed by atoms with Crippen molar-refractivity contribution in [2.24, 2.45) is 0 Å². The van der Waals surface area contributed by atoms with Crippen molar-refractivity contribution in [3.63, 3.8) is 0 Å². The fourth-order valence-electron chi connectivity index (χ4n) is 3.67. The first-order valence-corrected chi connectivity index (χ1v) is 8.73. The van der Waals surface area contributed by atoms with Crippen LogP contribution in [0.1, 0.15) is 23.6 Å². The Kier molecular flexibility index (Phi) is 5.75. The summed E-state index contributed by atoms with van der Waals surface area (Å²) in [5, 5.41) is 8.75. The molecule has 0 amide bonds. The maximum Gasteiger partial charge on any atom is 0.139 e. The third-order valence-corrected chi connectivity index (χ3v) is 5.00. The van der Waals surface area contributed by atoms with Gasteiger partial charge in [0.2, 0.25) is 0 Å². The lowest BCUT2D eigenvalue weighted by Gasteiger charge is -2.35. The van der Waals surface area contributed by atoms with Crippen LogP contribution in [0.3, 0.4) is 0 Å². The molecule has 2 aromatic carbocycles. The summed E-state index contributed by atoms with van der Waals surface area (Å²) >= 11 is 0. The van der Waals surface area contributed by atoms with Crippen LogP contribution in [-0.2, 0) is 0 Å². The Morgan fingerprint density at radius 3 is 1.76 bits per heavy atom. The Morgan fingerprint density at radius 2 is 1.32 bits per heavy atom. The largest absolute Gasteiger partial charge is 0.325 e. The molecular formula is C20H23F2N3+2. The monoisotopic (exact) mass is 343 g/mol. The van der Waals surface area contributed by atoms with Crippen LogP contribution in [0.5, 0.6) is 0 Å². The molecule has 0 unspecified atom stereocenters. The summed E-state index contributed by atoms with van der Waals surface area (Å²) in [5.74, 6) is -0.496. The number of halogens is 2. The smallest absolute Gasteiger partial charge is 0.139 e. The molecule has 25 heavy (non-hydrogen) atoms. The third kappa shape index (κ3) is 4.41. The molecule has 2 N–H and O–H groups in total. The average molecular weight is 343 g/mol. The Balaban J connectivity index is 1.81. The maximum absolute atomic E-state index is 13.3. The predicted octanol–water partition coefficient (Wildman–Crippen LogP) is 0.751. The van der Waals surface area contributed by atoms with E-state index in [1.165, 1.54) is 34.1 Å². The summed E-state index contributed by atoms with van der Waals surface area (Å²) in [5.41, 5.74) is 2.09. The van der Waals surface area contributed by atoms with E-state index in [0.717, 1.165) is 43.9 Å². The van der Waals surface area contributed by atoms with E-state index in [1.54, 1.807) is 0 Å². The predicted molar refractivity (Wildman–Crippen MR) is 91.1 cm³/mol. The van der Waals surface area contributed by atoms with Crippen molar-refractivity contribution in [1.82, 2.24) is 0 Å². The highest BCUT2D eigenvalue weighted by molar-refractivity contribution is 5.30. The number of nitrogens with one attached hydrogen (secondary N) is 2. The zero-order chi connectivity index (χ0) is 17.6. The molecule has 0 bridgehead atoms. The van der Waals surface area contributed by atoms with Gasteiger partial charge in [-0.25, -0.2) is 8.78 Å². The van der Waals surface area contributed by atoms with Crippen LogP contribution in [0.2, 0.25) is 0 Å². The molecule has 0 saturated carbocycles. The molecule has 1 saturated heterocycles. The Bertz CT molecular complexity index is 669. The van der Waals surface area contributed by atoms with Crippen molar-refractivity contribution >= 4 is 0 Å². The van der Waals surface area contributed by atoms with E-state index in [1.807, 2.05) is 24.3 Å². The topological polar surface area (TPSA) is 32.7 Å². The van der Waals surface area contributed by atoms with Crippen molar-refractivity contribution < 1.29 is 18.6 Å². The Morgan fingerprint density at radius 1 is 0.840 bits per heavy atom. The molecule has 5 heteroatoms. The number of piperazine rings is 1. The molecule has 0 aliphatic carbocycles. The molecular weight excluding hydrogens is 320 g/mol. The van der Waals surface area contributed by atoms with Crippen molar-refractivity contribution in [2.45, 2.75) is 12.5 Å². The standard InChI is InChI=1S/C20H21F2N3/c21-18-6-2-16(3-7-18)20(17-4-8-19(22)9-5-17)25-14-12-24(13-15-25)11-1-10-23/h2-9,20H,1,11-15H2/p+2. The van der Waals surface area contributed by atoms with Crippen molar-refractivity contribution in [3.8, 4) is 6.07 Å². The minimum Gasteiger partial charge on any atom is -0.325 e. The van der Waals surface area contributed by atoms with Crippen LogP contribution in [0.25, 0.3) is 0 Å². The van der Waals surface area contributed by atoms with Gasteiger partial charge in [-0.15, -0.1) is 0 Å². The van der Waals surface area contributed by atoms with Crippen molar-refractivity contribution in [1.29, 1.82) is 5.26 Å². The molecule has 1 heterocycles. The minimum absolute atomic E-state index is 0.0683. The second kappa shape index (κ2) is 8.19. The molecule has 0 spiro atoms. The molecule has 0 radical (unpaired) electrons. The van der Waals surface area contributed by atoms with Crippen LogP contribution in [0, 0.1) is 23.0 Å². The first kappa shape index (κ1) is 17.5. The van der Waals surface area contributed by atoms with Gasteiger partial charge >= 0.3 is 0 Å². The normalized spacial score (nSPS) is 20.4.